The van der Waals surface area contributed by atoms with Gasteiger partial charge in [-0.25, -0.2) is 9.59 Å². The van der Waals surface area contributed by atoms with E-state index in [1.807, 2.05) is 18.7 Å². The summed E-state index contributed by atoms with van der Waals surface area (Å²) in [6.07, 6.45) is 3.65. The van der Waals surface area contributed by atoms with Crippen LogP contribution >= 0.6 is 0 Å². The average Bonchev–Trinajstić information content (AvgIpc) is 3.34. The molecule has 184 valence electrons. The fourth-order valence-corrected chi connectivity index (χ4v) is 3.74. The van der Waals surface area contributed by atoms with Gasteiger partial charge in [-0.3, -0.25) is 4.79 Å². The van der Waals surface area contributed by atoms with E-state index in [-0.39, 0.29) is 17.9 Å². The zero-order valence-corrected chi connectivity index (χ0v) is 20.2. The number of esters is 1. The number of amides is 3. The molecule has 10 heteroatoms. The van der Waals surface area contributed by atoms with Gasteiger partial charge in [0.15, 0.2) is 5.82 Å². The van der Waals surface area contributed by atoms with Gasteiger partial charge in [-0.1, -0.05) is 19.0 Å². The van der Waals surface area contributed by atoms with E-state index in [9.17, 15) is 14.4 Å². The van der Waals surface area contributed by atoms with Crippen molar-refractivity contribution in [2.24, 2.45) is 5.92 Å². The number of likely N-dealkylation sites (N-methyl/N-ethyl adjacent to an activating group) is 1. The first-order chi connectivity index (χ1) is 16.3. The van der Waals surface area contributed by atoms with E-state index in [0.29, 0.717) is 30.2 Å². The zero-order valence-electron chi connectivity index (χ0n) is 20.2. The first-order valence-electron chi connectivity index (χ1n) is 11.6. The maximum absolute atomic E-state index is 12.6. The maximum Gasteiger partial charge on any atom is 0.328 e. The third-order valence-corrected chi connectivity index (χ3v) is 5.91. The lowest BCUT2D eigenvalue weighted by molar-refractivity contribution is -0.144. The maximum atomic E-state index is 12.6. The lowest BCUT2D eigenvalue weighted by Crippen LogP contribution is -2.49. The van der Waals surface area contributed by atoms with Crippen LogP contribution in [0.1, 0.15) is 49.3 Å². The second kappa shape index (κ2) is 11.6. The number of likely N-dealkylation sites (tertiary alicyclic amines) is 1. The molecule has 0 bridgehead atoms. The molecule has 1 saturated heterocycles. The molecular weight excluding hydrogens is 438 g/mol. The van der Waals surface area contributed by atoms with Crippen molar-refractivity contribution in [3.8, 4) is 11.5 Å². The van der Waals surface area contributed by atoms with Gasteiger partial charge in [0.2, 0.25) is 0 Å². The van der Waals surface area contributed by atoms with Gasteiger partial charge in [0.25, 0.3) is 11.8 Å². The Hall–Kier alpha value is -3.43. The Morgan fingerprint density at radius 2 is 1.82 bits per heavy atom. The van der Waals surface area contributed by atoms with Gasteiger partial charge < -0.3 is 24.4 Å². The molecule has 3 rings (SSSR count). The fraction of sp³-hybridized carbons (Fsp3) is 0.542. The van der Waals surface area contributed by atoms with Gasteiger partial charge in [0.05, 0.1) is 7.11 Å². The van der Waals surface area contributed by atoms with E-state index in [2.05, 4.69) is 15.5 Å². The number of nitrogens with one attached hydrogen (secondary N) is 1. The molecule has 10 nitrogen and oxygen atoms in total. The number of aromatic nitrogens is 2. The quantitative estimate of drug-likeness (QED) is 0.588. The van der Waals surface area contributed by atoms with Gasteiger partial charge in [-0.2, -0.15) is 4.98 Å². The number of nitrogens with zero attached hydrogens (tertiary/aromatic N) is 4. The monoisotopic (exact) mass is 471 g/mol. The number of piperidine rings is 1. The molecule has 0 radical (unpaired) electrons. The van der Waals surface area contributed by atoms with Crippen LogP contribution in [0.3, 0.4) is 0 Å². The Bertz CT molecular complexity index is 982. The van der Waals surface area contributed by atoms with Crippen LogP contribution in [0.25, 0.3) is 11.5 Å². The molecule has 0 aliphatic carbocycles. The van der Waals surface area contributed by atoms with Gasteiger partial charge >= 0.3 is 12.0 Å². The van der Waals surface area contributed by atoms with E-state index in [1.165, 1.54) is 18.4 Å². The summed E-state index contributed by atoms with van der Waals surface area (Å²) in [7, 11) is 2.92. The number of ether oxygens (including phenoxy) is 1. The second-order valence-corrected chi connectivity index (χ2v) is 8.81. The minimum atomic E-state index is -0.721. The van der Waals surface area contributed by atoms with Gasteiger partial charge in [-0.15, -0.1) is 0 Å². The number of rotatable bonds is 8. The van der Waals surface area contributed by atoms with Crippen molar-refractivity contribution in [1.82, 2.24) is 25.3 Å². The molecule has 1 aliphatic heterocycles. The molecule has 1 atom stereocenters. The Morgan fingerprint density at radius 1 is 1.15 bits per heavy atom. The topological polar surface area (TPSA) is 118 Å². The predicted molar refractivity (Wildman–Crippen MR) is 125 cm³/mol. The normalized spacial score (nSPS) is 14.6. The molecule has 1 N–H and O–H groups in total. The zero-order chi connectivity index (χ0) is 24.7. The van der Waals surface area contributed by atoms with E-state index < -0.39 is 12.0 Å². The number of carbonyl (C=O) groups excluding carboxylic acids is 3. The summed E-state index contributed by atoms with van der Waals surface area (Å²) in [5, 5.41) is 6.68. The number of methoxy groups -OCH3 is 1. The summed E-state index contributed by atoms with van der Waals surface area (Å²) in [5.74, 6) is 0.265. The Labute approximate surface area is 199 Å². The summed E-state index contributed by atoms with van der Waals surface area (Å²) in [6, 6.07) is 6.05. The van der Waals surface area contributed by atoms with E-state index in [1.54, 1.807) is 31.3 Å². The summed E-state index contributed by atoms with van der Waals surface area (Å²) in [4.78, 5) is 44.7. The smallest absolute Gasteiger partial charge is 0.328 e. The highest BCUT2D eigenvalue weighted by Crippen LogP contribution is 2.20. The minimum Gasteiger partial charge on any atom is -0.467 e. The molecule has 0 saturated carbocycles. The molecule has 1 aliphatic rings. The molecule has 0 spiro atoms. The van der Waals surface area contributed by atoms with Crippen molar-refractivity contribution in [3.63, 3.8) is 0 Å². The van der Waals surface area contributed by atoms with Crippen molar-refractivity contribution in [2.75, 3.05) is 33.8 Å². The van der Waals surface area contributed by atoms with Crippen molar-refractivity contribution in [2.45, 2.75) is 45.6 Å². The van der Waals surface area contributed by atoms with Crippen LogP contribution in [0.2, 0.25) is 0 Å². The highest BCUT2D eigenvalue weighted by atomic mass is 16.5. The molecule has 0 unspecified atom stereocenters. The lowest BCUT2D eigenvalue weighted by atomic mass is 10.1. The summed E-state index contributed by atoms with van der Waals surface area (Å²) in [6.45, 7) is 5.61. The molecule has 34 heavy (non-hydrogen) atoms. The molecule has 1 aromatic carbocycles. The predicted octanol–water partition coefficient (Wildman–Crippen LogP) is 2.74. The lowest BCUT2D eigenvalue weighted by Gasteiger charge is -2.26. The van der Waals surface area contributed by atoms with Crippen LogP contribution in [0.4, 0.5) is 4.79 Å². The minimum absolute atomic E-state index is 0.0469. The van der Waals surface area contributed by atoms with E-state index >= 15 is 0 Å². The van der Waals surface area contributed by atoms with Crippen LogP contribution in [-0.2, 0) is 16.0 Å². The second-order valence-electron chi connectivity index (χ2n) is 8.81. The fourth-order valence-electron chi connectivity index (χ4n) is 3.74. The van der Waals surface area contributed by atoms with Crippen molar-refractivity contribution in [1.29, 1.82) is 0 Å². The Kier molecular flexibility index (Phi) is 8.61. The van der Waals surface area contributed by atoms with Crippen LogP contribution in [0.15, 0.2) is 28.8 Å². The average molecular weight is 472 g/mol. The Balaban J connectivity index is 1.54. The number of hydrogen-bond acceptors (Lipinski definition) is 7. The molecular formula is C24H33N5O5. The summed E-state index contributed by atoms with van der Waals surface area (Å²) in [5.41, 5.74) is 1.36. The number of urea groups is 1. The third kappa shape index (κ3) is 6.33. The van der Waals surface area contributed by atoms with Gasteiger partial charge in [-0.05, 0) is 49.4 Å². The Morgan fingerprint density at radius 3 is 2.44 bits per heavy atom. The molecule has 2 heterocycles. The van der Waals surface area contributed by atoms with Gasteiger partial charge in [0.1, 0.15) is 6.04 Å². The number of hydrogen-bond donors (Lipinski definition) is 1. The van der Waals surface area contributed by atoms with Crippen molar-refractivity contribution >= 4 is 17.9 Å². The molecule has 2 aromatic rings. The molecule has 1 fully saturated rings. The van der Waals surface area contributed by atoms with Crippen molar-refractivity contribution < 1.29 is 23.6 Å². The van der Waals surface area contributed by atoms with E-state index in [4.69, 9.17) is 9.26 Å². The van der Waals surface area contributed by atoms with Gasteiger partial charge in [0, 0.05) is 44.2 Å². The highest BCUT2D eigenvalue weighted by Gasteiger charge is 2.26. The van der Waals surface area contributed by atoms with Crippen LogP contribution in [0.5, 0.6) is 0 Å². The highest BCUT2D eigenvalue weighted by molar-refractivity contribution is 5.94. The summed E-state index contributed by atoms with van der Waals surface area (Å²) >= 11 is 0. The number of benzene rings is 1. The SMILES string of the molecule is COC(=O)[C@H](NC(=O)N(C)CCc1noc(-c2ccc(C(=O)N3CCCCC3)cc2)n1)C(C)C. The van der Waals surface area contributed by atoms with E-state index in [0.717, 1.165) is 31.5 Å². The third-order valence-electron chi connectivity index (χ3n) is 5.91. The molecule has 1 aromatic heterocycles. The molecule has 3 amide bonds. The first-order valence-corrected chi connectivity index (χ1v) is 11.6. The van der Waals surface area contributed by atoms with Crippen LogP contribution in [0, 0.1) is 5.92 Å². The largest absolute Gasteiger partial charge is 0.467 e. The first kappa shape index (κ1) is 25.2. The van der Waals surface area contributed by atoms with Crippen LogP contribution in [-0.4, -0.2) is 77.7 Å². The van der Waals surface area contributed by atoms with Crippen LogP contribution < -0.4 is 5.32 Å². The van der Waals surface area contributed by atoms with Crippen molar-refractivity contribution in [3.05, 3.63) is 35.7 Å². The standard InChI is InChI=1S/C24H33N5O5/c1-16(2)20(23(31)33-4)26-24(32)28(3)15-12-19-25-21(34-27-19)17-8-10-18(11-9-17)22(30)29-13-6-5-7-14-29/h8-11,16,20H,5-7,12-15H2,1-4H3,(H,26,32)/t20-/m1/s1. The summed E-state index contributed by atoms with van der Waals surface area (Å²) < 4.78 is 10.1. The number of carbonyl (C=O) groups is 3.